The van der Waals surface area contributed by atoms with Gasteiger partial charge in [-0.05, 0) is 0 Å². The van der Waals surface area contributed by atoms with Crippen molar-refractivity contribution in [2.45, 2.75) is 52.1 Å². The van der Waals surface area contributed by atoms with E-state index in [9.17, 15) is 0 Å². The van der Waals surface area contributed by atoms with E-state index < -0.39 is 37.0 Å². The van der Waals surface area contributed by atoms with Crippen molar-refractivity contribution in [1.29, 1.82) is 0 Å². The second-order valence-electron chi connectivity index (χ2n) is 6.97. The summed E-state index contributed by atoms with van der Waals surface area (Å²) in [5.41, 5.74) is 0. The van der Waals surface area contributed by atoms with Crippen molar-refractivity contribution in [3.05, 3.63) is 46.8 Å². The zero-order valence-corrected chi connectivity index (χ0v) is 19.9. The molecule has 0 heterocycles. The molecule has 0 fully saturated rings. The Balaban J connectivity index is 0.000000322. The molecule has 0 spiro atoms. The zero-order chi connectivity index (χ0) is 16.5. The Hall–Kier alpha value is 0.857. The van der Waals surface area contributed by atoms with Gasteiger partial charge in [0.1, 0.15) is 0 Å². The van der Waals surface area contributed by atoms with Crippen molar-refractivity contribution in [2.75, 3.05) is 0 Å². The Morgan fingerprint density at radius 2 is 1.10 bits per heavy atom. The number of hydrogen-bond acceptors (Lipinski definition) is 0. The van der Waals surface area contributed by atoms with Crippen molar-refractivity contribution in [3.63, 3.8) is 0 Å². The molecule has 0 unspecified atom stereocenters. The molecule has 0 aromatic rings. The molecule has 0 amide bonds. The summed E-state index contributed by atoms with van der Waals surface area (Å²) in [5, 5.41) is 2.98. The van der Waals surface area contributed by atoms with Gasteiger partial charge in [0.2, 0.25) is 0 Å². The van der Waals surface area contributed by atoms with Crippen molar-refractivity contribution in [3.8, 4) is 0 Å². The minimum atomic E-state index is -1.01. The van der Waals surface area contributed by atoms with E-state index in [1.54, 1.807) is 0 Å². The van der Waals surface area contributed by atoms with Gasteiger partial charge in [0, 0.05) is 16.1 Å². The normalized spacial score (nSPS) is 16.2. The van der Waals surface area contributed by atoms with Crippen LogP contribution in [0.3, 0.4) is 0 Å². The van der Waals surface area contributed by atoms with Crippen molar-refractivity contribution >= 4 is 33.2 Å². The Kier molecular flexibility index (Phi) is 11.0. The molecule has 0 atom stereocenters. The van der Waals surface area contributed by atoms with Crippen LogP contribution in [0.15, 0.2) is 34.7 Å². The standard InChI is InChI=1S/2C8H13Si.2ClH.Zr/c2*1-9(2,3)8-6-4-5-7-8;;;/h2*4,6H,5H2,1-3H3;2*1H;/q2*-1;;;+4/p-2. The molecule has 0 bridgehead atoms. The molecule has 0 aromatic carbocycles. The SMILES string of the molecule is C[Si](C)(C)C1=[C-]CC=C1.C[Si](C)(C)C1=[C-]CC=C1.[Cl][Zr+2][Cl]. The third-order valence-electron chi connectivity index (χ3n) is 3.01. The predicted molar refractivity (Wildman–Crippen MR) is 99.4 cm³/mol. The summed E-state index contributed by atoms with van der Waals surface area (Å²) in [6.07, 6.45) is 17.6. The molecule has 2 aliphatic rings. The van der Waals surface area contributed by atoms with Crippen molar-refractivity contribution in [2.24, 2.45) is 0 Å². The molecular weight excluding hydrogens is 410 g/mol. The first-order valence-corrected chi connectivity index (χ1v) is 20.5. The summed E-state index contributed by atoms with van der Waals surface area (Å²) in [5.74, 6) is 0. The number of allylic oxidation sites excluding steroid dienone is 8. The molecule has 5 heteroatoms. The van der Waals surface area contributed by atoms with E-state index in [4.69, 9.17) is 17.0 Å². The van der Waals surface area contributed by atoms with Crippen LogP contribution in [0.5, 0.6) is 0 Å². The van der Waals surface area contributed by atoms with Crippen molar-refractivity contribution in [1.82, 2.24) is 0 Å². The van der Waals surface area contributed by atoms with E-state index in [1.807, 2.05) is 0 Å². The summed E-state index contributed by atoms with van der Waals surface area (Å²) in [6, 6.07) is 0. The maximum atomic E-state index is 4.93. The first-order valence-electron chi connectivity index (χ1n) is 7.15. The summed E-state index contributed by atoms with van der Waals surface area (Å²) in [7, 11) is 7.86. The van der Waals surface area contributed by atoms with Gasteiger partial charge in [0.15, 0.2) is 0 Å². The molecule has 0 N–H and O–H groups in total. The van der Waals surface area contributed by atoms with Crippen LogP contribution in [0.1, 0.15) is 12.8 Å². The molecule has 0 saturated carbocycles. The summed E-state index contributed by atoms with van der Waals surface area (Å²) >= 11 is -0.826. The third-order valence-corrected chi connectivity index (χ3v) is 6.92. The molecule has 116 valence electrons. The molecule has 0 aliphatic heterocycles. The summed E-state index contributed by atoms with van der Waals surface area (Å²) in [6.45, 7) is 14.1. The second-order valence-corrected chi connectivity index (χ2v) is 20.8. The Labute approximate surface area is 152 Å². The Morgan fingerprint density at radius 3 is 1.19 bits per heavy atom. The van der Waals surface area contributed by atoms with Crippen LogP contribution in [-0.2, 0) is 20.8 Å². The van der Waals surface area contributed by atoms with Gasteiger partial charge in [0.25, 0.3) is 0 Å². The van der Waals surface area contributed by atoms with Crippen molar-refractivity contribution < 1.29 is 20.8 Å². The minimum absolute atomic E-state index is 0.826. The van der Waals surface area contributed by atoms with E-state index in [0.29, 0.717) is 0 Å². The van der Waals surface area contributed by atoms with E-state index in [2.05, 4.69) is 75.7 Å². The Morgan fingerprint density at radius 1 is 0.810 bits per heavy atom. The van der Waals surface area contributed by atoms with Crippen LogP contribution in [0.2, 0.25) is 39.3 Å². The molecule has 0 radical (unpaired) electrons. The van der Waals surface area contributed by atoms with Crippen LogP contribution < -0.4 is 0 Å². The molecule has 0 aromatic heterocycles. The molecular formula is C16H26Cl2Si2Zr. The maximum absolute atomic E-state index is 4.93. The van der Waals surface area contributed by atoms with Crippen LogP contribution in [0, 0.1) is 12.2 Å². The van der Waals surface area contributed by atoms with E-state index in [1.165, 1.54) is 10.4 Å². The third kappa shape index (κ3) is 10.3. The average molecular weight is 437 g/mol. The monoisotopic (exact) mass is 434 g/mol. The zero-order valence-electron chi connectivity index (χ0n) is 14.0. The van der Waals surface area contributed by atoms with Gasteiger partial charge in [-0.2, -0.15) is 12.2 Å². The second kappa shape index (κ2) is 10.6. The number of rotatable bonds is 2. The predicted octanol–water partition coefficient (Wildman–Crippen LogP) is 6.48. The van der Waals surface area contributed by atoms with Gasteiger partial charge in [-0.15, -0.1) is 12.8 Å². The molecule has 2 aliphatic carbocycles. The van der Waals surface area contributed by atoms with E-state index in [0.717, 1.165) is 12.8 Å². The number of halogens is 2. The van der Waals surface area contributed by atoms with Gasteiger partial charge in [-0.1, -0.05) is 39.3 Å². The fourth-order valence-corrected chi connectivity index (χ4v) is 4.34. The molecule has 21 heavy (non-hydrogen) atoms. The van der Waals surface area contributed by atoms with E-state index >= 15 is 0 Å². The van der Waals surface area contributed by atoms with Gasteiger partial charge < -0.3 is 0 Å². The average Bonchev–Trinajstić information content (AvgIpc) is 3.03. The number of hydrogen-bond donors (Lipinski definition) is 0. The van der Waals surface area contributed by atoms with Crippen LogP contribution in [0.25, 0.3) is 0 Å². The molecule has 2 rings (SSSR count). The Bertz CT molecular complexity index is 385. The molecule has 0 saturated heterocycles. The fraction of sp³-hybridized carbons (Fsp3) is 0.500. The van der Waals surface area contributed by atoms with Crippen LogP contribution in [-0.4, -0.2) is 16.1 Å². The van der Waals surface area contributed by atoms with Gasteiger partial charge in [-0.25, -0.2) is 22.5 Å². The fourth-order valence-electron chi connectivity index (χ4n) is 1.84. The first kappa shape index (κ1) is 21.9. The summed E-state index contributed by atoms with van der Waals surface area (Å²) in [4.78, 5) is 0. The van der Waals surface area contributed by atoms with Crippen LogP contribution in [0.4, 0.5) is 0 Å². The van der Waals surface area contributed by atoms with Gasteiger partial charge in [0.05, 0.1) is 0 Å². The molecule has 0 nitrogen and oxygen atoms in total. The quantitative estimate of drug-likeness (QED) is 0.343. The van der Waals surface area contributed by atoms with Gasteiger partial charge in [-0.3, -0.25) is 12.2 Å². The topological polar surface area (TPSA) is 0 Å². The summed E-state index contributed by atoms with van der Waals surface area (Å²) < 4.78 is 0. The first-order chi connectivity index (χ1) is 9.62. The van der Waals surface area contributed by atoms with E-state index in [-0.39, 0.29) is 0 Å². The van der Waals surface area contributed by atoms with Crippen LogP contribution >= 0.6 is 17.0 Å². The van der Waals surface area contributed by atoms with Gasteiger partial charge >= 0.3 is 37.9 Å².